The van der Waals surface area contributed by atoms with Crippen molar-refractivity contribution in [2.45, 2.75) is 18.9 Å². The minimum Gasteiger partial charge on any atom is -0.390 e. The summed E-state index contributed by atoms with van der Waals surface area (Å²) in [7, 11) is 1.50. The van der Waals surface area contributed by atoms with Crippen molar-refractivity contribution in [2.24, 2.45) is 0 Å². The lowest BCUT2D eigenvalue weighted by atomic mass is 10.3. The molecule has 0 amide bonds. The molecule has 0 spiro atoms. The molecule has 1 aromatic heterocycles. The van der Waals surface area contributed by atoms with E-state index in [0.29, 0.717) is 17.7 Å². The number of ether oxygens (including phenoxy) is 1. The molecule has 0 aromatic carbocycles. The van der Waals surface area contributed by atoms with Gasteiger partial charge in [-0.2, -0.15) is 13.5 Å². The largest absolute Gasteiger partial charge is 0.490 e. The predicted octanol–water partition coefficient (Wildman–Crippen LogP) is 0.775. The minimum atomic E-state index is -3.37. The number of hydrogen-bond donors (Lipinski definition) is 1. The Morgan fingerprint density at radius 2 is 2.40 bits per heavy atom. The number of thiocarbonyl (C=S) groups is 1. The van der Waals surface area contributed by atoms with Gasteiger partial charge in [-0.1, -0.05) is 17.2 Å². The molecule has 0 radical (unpaired) electrons. The standard InChI is InChI=1S/C9H13F2N5O3S/c1-19-4-2-3-12-7(20)9(10,11)5-15-6-13-8(14-15)16(17)18/h6H,2-5H2,1H3,(H,12,20). The van der Waals surface area contributed by atoms with E-state index in [1.165, 1.54) is 7.11 Å². The highest BCUT2D eigenvalue weighted by atomic mass is 32.1. The van der Waals surface area contributed by atoms with Crippen molar-refractivity contribution >= 4 is 23.2 Å². The number of rotatable bonds is 8. The number of nitrogens with zero attached hydrogens (tertiary/aromatic N) is 4. The molecule has 0 aliphatic rings. The molecule has 0 aliphatic heterocycles. The third kappa shape index (κ3) is 4.74. The Labute approximate surface area is 118 Å². The SMILES string of the molecule is COCCCNC(=S)C(F)(F)Cn1cnc([N+](=O)[O-])n1. The summed E-state index contributed by atoms with van der Waals surface area (Å²) in [4.78, 5) is 12.1. The summed E-state index contributed by atoms with van der Waals surface area (Å²) in [6.07, 6.45) is 1.39. The van der Waals surface area contributed by atoms with E-state index in [1.807, 2.05) is 0 Å². The first-order chi connectivity index (χ1) is 9.36. The van der Waals surface area contributed by atoms with E-state index in [1.54, 1.807) is 0 Å². The number of aromatic nitrogens is 3. The van der Waals surface area contributed by atoms with Crippen molar-refractivity contribution in [3.8, 4) is 0 Å². The van der Waals surface area contributed by atoms with E-state index >= 15 is 0 Å². The van der Waals surface area contributed by atoms with Crippen LogP contribution in [-0.2, 0) is 11.3 Å². The fourth-order valence-electron chi connectivity index (χ4n) is 1.27. The van der Waals surface area contributed by atoms with Gasteiger partial charge in [0.1, 0.15) is 11.5 Å². The molecule has 0 saturated heterocycles. The van der Waals surface area contributed by atoms with E-state index in [0.717, 1.165) is 6.33 Å². The highest BCUT2D eigenvalue weighted by Gasteiger charge is 2.37. The summed E-state index contributed by atoms with van der Waals surface area (Å²) < 4.78 is 32.9. The Morgan fingerprint density at radius 3 is 2.95 bits per heavy atom. The normalized spacial score (nSPS) is 11.3. The smallest absolute Gasteiger partial charge is 0.390 e. The Kier molecular flexibility index (Phi) is 5.82. The molecule has 0 bridgehead atoms. The predicted molar refractivity (Wildman–Crippen MR) is 68.7 cm³/mol. The molecule has 0 atom stereocenters. The fraction of sp³-hybridized carbons (Fsp3) is 0.667. The Balaban J connectivity index is 2.54. The zero-order chi connectivity index (χ0) is 15.2. The third-order valence-corrected chi connectivity index (χ3v) is 2.63. The van der Waals surface area contributed by atoms with Crippen LogP contribution in [0.25, 0.3) is 0 Å². The van der Waals surface area contributed by atoms with Crippen LogP contribution < -0.4 is 5.32 Å². The Bertz CT molecular complexity index is 482. The number of nitrogens with one attached hydrogen (secondary N) is 1. The summed E-state index contributed by atoms with van der Waals surface area (Å²) in [5.41, 5.74) is 0. The quantitative estimate of drug-likeness (QED) is 0.328. The van der Waals surface area contributed by atoms with Crippen molar-refractivity contribution < 1.29 is 18.4 Å². The van der Waals surface area contributed by atoms with Gasteiger partial charge < -0.3 is 20.2 Å². The Hall–Kier alpha value is -1.75. The molecule has 0 unspecified atom stereocenters. The van der Waals surface area contributed by atoms with Crippen LogP contribution in [0.3, 0.4) is 0 Å². The lowest BCUT2D eigenvalue weighted by Gasteiger charge is -2.17. The number of hydrogen-bond acceptors (Lipinski definition) is 6. The van der Waals surface area contributed by atoms with E-state index in [4.69, 9.17) is 4.74 Å². The number of halogens is 2. The summed E-state index contributed by atoms with van der Waals surface area (Å²) in [6.45, 7) is -0.236. The summed E-state index contributed by atoms with van der Waals surface area (Å²) in [5.74, 6) is -4.11. The second-order valence-corrected chi connectivity index (χ2v) is 4.21. The van der Waals surface area contributed by atoms with Crippen molar-refractivity contribution in [1.82, 2.24) is 20.1 Å². The van der Waals surface area contributed by atoms with Crippen LogP contribution in [0, 0.1) is 10.1 Å². The molecular formula is C9H13F2N5O3S. The van der Waals surface area contributed by atoms with Gasteiger partial charge in [0.2, 0.25) is 6.33 Å². The van der Waals surface area contributed by atoms with Crippen LogP contribution in [0.2, 0.25) is 0 Å². The van der Waals surface area contributed by atoms with Gasteiger partial charge in [0, 0.05) is 25.4 Å². The Morgan fingerprint density at radius 1 is 1.70 bits per heavy atom. The van der Waals surface area contributed by atoms with Crippen molar-refractivity contribution in [3.63, 3.8) is 0 Å². The molecule has 0 fully saturated rings. The zero-order valence-corrected chi connectivity index (χ0v) is 11.4. The molecule has 20 heavy (non-hydrogen) atoms. The van der Waals surface area contributed by atoms with E-state index in [2.05, 4.69) is 27.6 Å². The molecular weight excluding hydrogens is 296 g/mol. The van der Waals surface area contributed by atoms with Gasteiger partial charge in [0.05, 0.1) is 0 Å². The first-order valence-electron chi connectivity index (χ1n) is 5.55. The van der Waals surface area contributed by atoms with Gasteiger partial charge in [0.15, 0.2) is 0 Å². The van der Waals surface area contributed by atoms with Crippen molar-refractivity contribution in [2.75, 3.05) is 20.3 Å². The maximum Gasteiger partial charge on any atom is 0.490 e. The number of nitro groups is 1. The molecule has 11 heteroatoms. The molecule has 8 nitrogen and oxygen atoms in total. The first-order valence-corrected chi connectivity index (χ1v) is 5.96. The van der Waals surface area contributed by atoms with Gasteiger partial charge >= 0.3 is 11.9 Å². The van der Waals surface area contributed by atoms with E-state index in [9.17, 15) is 18.9 Å². The number of methoxy groups -OCH3 is 1. The first kappa shape index (κ1) is 16.3. The third-order valence-electron chi connectivity index (χ3n) is 2.19. The molecule has 1 rings (SSSR count). The lowest BCUT2D eigenvalue weighted by Crippen LogP contribution is -2.42. The van der Waals surface area contributed by atoms with Crippen LogP contribution in [0.1, 0.15) is 6.42 Å². The van der Waals surface area contributed by atoms with Gasteiger partial charge in [-0.25, -0.2) is 0 Å². The molecule has 1 N–H and O–H groups in total. The van der Waals surface area contributed by atoms with Crippen LogP contribution in [0.15, 0.2) is 6.33 Å². The maximum absolute atomic E-state index is 13.7. The summed E-state index contributed by atoms with van der Waals surface area (Å²) in [5, 5.41) is 16.1. The highest BCUT2D eigenvalue weighted by Crippen LogP contribution is 2.18. The van der Waals surface area contributed by atoms with Crippen LogP contribution >= 0.6 is 12.2 Å². The van der Waals surface area contributed by atoms with Crippen LogP contribution in [0.4, 0.5) is 14.7 Å². The van der Waals surface area contributed by atoms with Crippen LogP contribution in [0.5, 0.6) is 0 Å². The zero-order valence-electron chi connectivity index (χ0n) is 10.6. The van der Waals surface area contributed by atoms with Gasteiger partial charge in [-0.15, -0.1) is 0 Å². The second-order valence-electron chi connectivity index (χ2n) is 3.81. The maximum atomic E-state index is 13.7. The average molecular weight is 309 g/mol. The monoisotopic (exact) mass is 309 g/mol. The highest BCUT2D eigenvalue weighted by molar-refractivity contribution is 7.80. The topological polar surface area (TPSA) is 95.1 Å². The fourth-order valence-corrected chi connectivity index (χ4v) is 1.43. The molecule has 1 aromatic rings. The summed E-state index contributed by atoms with van der Waals surface area (Å²) >= 11 is 4.60. The lowest BCUT2D eigenvalue weighted by molar-refractivity contribution is -0.394. The van der Waals surface area contributed by atoms with Crippen molar-refractivity contribution in [3.05, 3.63) is 16.4 Å². The van der Waals surface area contributed by atoms with E-state index < -0.39 is 28.3 Å². The van der Waals surface area contributed by atoms with Gasteiger partial charge in [0.25, 0.3) is 0 Å². The van der Waals surface area contributed by atoms with Crippen molar-refractivity contribution in [1.29, 1.82) is 0 Å². The molecule has 0 saturated carbocycles. The van der Waals surface area contributed by atoms with Gasteiger partial charge in [-0.3, -0.25) is 0 Å². The number of alkyl halides is 2. The van der Waals surface area contributed by atoms with E-state index in [-0.39, 0.29) is 6.54 Å². The average Bonchev–Trinajstić information content (AvgIpc) is 2.82. The molecule has 0 aliphatic carbocycles. The second kappa shape index (κ2) is 7.14. The molecule has 1 heterocycles. The molecule has 112 valence electrons. The van der Waals surface area contributed by atoms with Gasteiger partial charge in [-0.05, 0) is 11.3 Å². The van der Waals surface area contributed by atoms with Crippen LogP contribution in [-0.4, -0.2) is 50.9 Å². The minimum absolute atomic E-state index is 0.250. The summed E-state index contributed by atoms with van der Waals surface area (Å²) in [6, 6.07) is 0.